The van der Waals surface area contributed by atoms with Crippen molar-refractivity contribution in [2.75, 3.05) is 18.1 Å². The molecule has 0 aliphatic carbocycles. The summed E-state index contributed by atoms with van der Waals surface area (Å²) in [6, 6.07) is 18.2. The number of β-amino-alcohol motifs (C(OH)–C–C–N with tert-alkyl or cyclic N) is 1. The van der Waals surface area contributed by atoms with E-state index >= 15 is 0 Å². The first kappa shape index (κ1) is 22.2. The standard InChI is InChI=1S/C28H21FN2O5/c1-16-5-4-6-17(13-16)15-30-21-8-3-2-7-20(21)28(27(30)35)23-24(33)19-14-18(29)9-10-22(19)36-25(23)26(34)31(28)11-12-32/h2-10,13-14,32H,11-12,15H2,1H3. The monoisotopic (exact) mass is 484 g/mol. The molecule has 1 spiro atoms. The Labute approximate surface area is 205 Å². The van der Waals surface area contributed by atoms with Crippen molar-refractivity contribution in [3.8, 4) is 0 Å². The van der Waals surface area contributed by atoms with E-state index in [1.165, 1.54) is 11.0 Å². The number of carbonyl (C=O) groups is 2. The predicted octanol–water partition coefficient (Wildman–Crippen LogP) is 3.48. The fourth-order valence-electron chi connectivity index (χ4n) is 5.51. The van der Waals surface area contributed by atoms with Gasteiger partial charge < -0.3 is 19.3 Å². The highest BCUT2D eigenvalue weighted by molar-refractivity contribution is 6.17. The maximum absolute atomic E-state index is 14.4. The number of rotatable bonds is 4. The Morgan fingerprint density at radius 3 is 2.58 bits per heavy atom. The Morgan fingerprint density at radius 1 is 1.00 bits per heavy atom. The second-order valence-corrected chi connectivity index (χ2v) is 9.06. The normalized spacial score (nSPS) is 18.4. The molecule has 8 heteroatoms. The topological polar surface area (TPSA) is 91.1 Å². The molecule has 2 aliphatic heterocycles. The van der Waals surface area contributed by atoms with E-state index in [0.29, 0.717) is 11.3 Å². The number of carbonyl (C=O) groups excluding carboxylic acids is 2. The first-order chi connectivity index (χ1) is 17.4. The van der Waals surface area contributed by atoms with Gasteiger partial charge in [-0.15, -0.1) is 0 Å². The first-order valence-electron chi connectivity index (χ1n) is 11.5. The number of aryl methyl sites for hydroxylation is 1. The van der Waals surface area contributed by atoms with Gasteiger partial charge in [-0.25, -0.2) is 4.39 Å². The maximum atomic E-state index is 14.4. The van der Waals surface area contributed by atoms with Crippen LogP contribution >= 0.6 is 0 Å². The number of halogens is 1. The van der Waals surface area contributed by atoms with Gasteiger partial charge in [0.05, 0.1) is 29.8 Å². The lowest BCUT2D eigenvalue weighted by Crippen LogP contribution is -2.54. The summed E-state index contributed by atoms with van der Waals surface area (Å²) in [5.41, 5.74) is 0.294. The third kappa shape index (κ3) is 2.85. The highest BCUT2D eigenvalue weighted by Gasteiger charge is 2.64. The lowest BCUT2D eigenvalue weighted by atomic mass is 9.84. The van der Waals surface area contributed by atoms with Gasteiger partial charge in [0.2, 0.25) is 5.76 Å². The van der Waals surface area contributed by atoms with Crippen molar-refractivity contribution in [1.82, 2.24) is 4.90 Å². The average Bonchev–Trinajstić information content (AvgIpc) is 3.25. The predicted molar refractivity (Wildman–Crippen MR) is 130 cm³/mol. The van der Waals surface area contributed by atoms with Gasteiger partial charge in [0.1, 0.15) is 11.4 Å². The molecule has 2 aliphatic rings. The number of anilines is 1. The van der Waals surface area contributed by atoms with Crippen LogP contribution in [0, 0.1) is 12.7 Å². The minimum Gasteiger partial charge on any atom is -0.450 e. The van der Waals surface area contributed by atoms with Crippen LogP contribution in [-0.2, 0) is 16.9 Å². The fourth-order valence-corrected chi connectivity index (χ4v) is 5.51. The van der Waals surface area contributed by atoms with E-state index in [1.807, 2.05) is 31.2 Å². The molecule has 6 rings (SSSR count). The minimum absolute atomic E-state index is 0.0462. The molecule has 1 aromatic heterocycles. The summed E-state index contributed by atoms with van der Waals surface area (Å²) in [7, 11) is 0. The molecule has 3 aromatic carbocycles. The molecule has 0 saturated carbocycles. The van der Waals surface area contributed by atoms with Gasteiger partial charge in [-0.1, -0.05) is 48.0 Å². The number of amides is 2. The molecule has 2 amide bonds. The van der Waals surface area contributed by atoms with Crippen LogP contribution in [0.2, 0.25) is 0 Å². The van der Waals surface area contributed by atoms with Gasteiger partial charge in [-0.05, 0) is 36.8 Å². The van der Waals surface area contributed by atoms with Gasteiger partial charge in [0.25, 0.3) is 11.8 Å². The summed E-state index contributed by atoms with van der Waals surface area (Å²) in [5.74, 6) is -2.09. The summed E-state index contributed by atoms with van der Waals surface area (Å²) >= 11 is 0. The molecule has 3 heterocycles. The Hall–Kier alpha value is -4.30. The number of para-hydroxylation sites is 1. The second-order valence-electron chi connectivity index (χ2n) is 9.06. The number of hydrogen-bond acceptors (Lipinski definition) is 5. The highest BCUT2D eigenvalue weighted by atomic mass is 19.1. The van der Waals surface area contributed by atoms with Crippen molar-refractivity contribution >= 4 is 28.5 Å². The minimum atomic E-state index is -1.84. The lowest BCUT2D eigenvalue weighted by Gasteiger charge is -2.33. The molecule has 1 N–H and O–H groups in total. The molecule has 0 saturated heterocycles. The molecule has 7 nitrogen and oxygen atoms in total. The molecule has 0 fully saturated rings. The van der Waals surface area contributed by atoms with E-state index in [0.717, 1.165) is 23.3 Å². The van der Waals surface area contributed by atoms with E-state index in [-0.39, 0.29) is 35.4 Å². The number of aliphatic hydroxyl groups excluding tert-OH is 1. The van der Waals surface area contributed by atoms with Gasteiger partial charge in [0.15, 0.2) is 11.0 Å². The van der Waals surface area contributed by atoms with E-state index in [1.54, 1.807) is 29.2 Å². The quantitative estimate of drug-likeness (QED) is 0.479. The molecule has 4 aromatic rings. The number of aliphatic hydroxyl groups is 1. The van der Waals surface area contributed by atoms with E-state index in [4.69, 9.17) is 4.42 Å². The molecule has 180 valence electrons. The van der Waals surface area contributed by atoms with Gasteiger partial charge in [0, 0.05) is 12.1 Å². The third-order valence-electron chi connectivity index (χ3n) is 6.94. The molecular formula is C28H21FN2O5. The van der Waals surface area contributed by atoms with E-state index < -0.39 is 35.2 Å². The molecule has 0 radical (unpaired) electrons. The third-order valence-corrected chi connectivity index (χ3v) is 6.94. The summed E-state index contributed by atoms with van der Waals surface area (Å²) in [5, 5.41) is 9.79. The summed E-state index contributed by atoms with van der Waals surface area (Å²) in [4.78, 5) is 44.6. The molecule has 1 unspecified atom stereocenters. The number of fused-ring (bicyclic) bond motifs is 5. The number of nitrogens with zero attached hydrogens (tertiary/aromatic N) is 2. The first-order valence-corrected chi connectivity index (χ1v) is 11.5. The Morgan fingerprint density at radius 2 is 1.81 bits per heavy atom. The number of hydrogen-bond donors (Lipinski definition) is 1. The zero-order valence-electron chi connectivity index (χ0n) is 19.3. The van der Waals surface area contributed by atoms with Crippen molar-refractivity contribution in [2.45, 2.75) is 19.0 Å². The van der Waals surface area contributed by atoms with E-state index in [9.17, 15) is 23.9 Å². The Bertz CT molecular complexity index is 1650. The average molecular weight is 484 g/mol. The second kappa shape index (κ2) is 7.86. The van der Waals surface area contributed by atoms with Gasteiger partial charge >= 0.3 is 0 Å². The van der Waals surface area contributed by atoms with Crippen molar-refractivity contribution in [3.63, 3.8) is 0 Å². The highest BCUT2D eigenvalue weighted by Crippen LogP contribution is 2.52. The summed E-state index contributed by atoms with van der Waals surface area (Å²) in [6.45, 7) is 1.53. The molecule has 1 atom stereocenters. The van der Waals surface area contributed by atoms with Crippen molar-refractivity contribution < 1.29 is 23.5 Å². The lowest BCUT2D eigenvalue weighted by molar-refractivity contribution is -0.126. The van der Waals surface area contributed by atoms with E-state index in [2.05, 4.69) is 0 Å². The number of benzene rings is 3. The maximum Gasteiger partial charge on any atom is 0.291 e. The van der Waals surface area contributed by atoms with Crippen molar-refractivity contribution in [2.24, 2.45) is 0 Å². The Kier molecular flexibility index (Phi) is 4.84. The van der Waals surface area contributed by atoms with Crippen molar-refractivity contribution in [1.29, 1.82) is 0 Å². The van der Waals surface area contributed by atoms with Crippen LogP contribution in [0.25, 0.3) is 11.0 Å². The zero-order valence-corrected chi connectivity index (χ0v) is 19.3. The zero-order chi connectivity index (χ0) is 25.2. The van der Waals surface area contributed by atoms with Crippen LogP contribution in [-0.4, -0.2) is 35.0 Å². The molecule has 36 heavy (non-hydrogen) atoms. The van der Waals surface area contributed by atoms with Crippen LogP contribution in [0.3, 0.4) is 0 Å². The van der Waals surface area contributed by atoms with Gasteiger partial charge in [-0.3, -0.25) is 14.4 Å². The van der Waals surface area contributed by atoms with Crippen LogP contribution in [0.1, 0.15) is 32.8 Å². The smallest absolute Gasteiger partial charge is 0.291 e. The largest absolute Gasteiger partial charge is 0.450 e. The Balaban J connectivity index is 1.66. The van der Waals surface area contributed by atoms with Crippen molar-refractivity contribution in [3.05, 3.63) is 111 Å². The van der Waals surface area contributed by atoms with Crippen LogP contribution in [0.4, 0.5) is 10.1 Å². The fraction of sp³-hybridized carbons (Fsp3) is 0.179. The molecule has 0 bridgehead atoms. The summed E-state index contributed by atoms with van der Waals surface area (Å²) < 4.78 is 19.9. The molecular weight excluding hydrogens is 463 g/mol. The van der Waals surface area contributed by atoms with Crippen LogP contribution < -0.4 is 10.3 Å². The SMILES string of the molecule is Cc1cccc(CN2C(=O)C3(c4ccccc42)c2c(oc4ccc(F)cc4c2=O)C(=O)N3CCO)c1. The van der Waals surface area contributed by atoms with Gasteiger partial charge in [-0.2, -0.15) is 0 Å². The summed E-state index contributed by atoms with van der Waals surface area (Å²) in [6.07, 6.45) is 0. The van der Waals surface area contributed by atoms with Crippen LogP contribution in [0.5, 0.6) is 0 Å². The van der Waals surface area contributed by atoms with Crippen LogP contribution in [0.15, 0.2) is 75.9 Å².